The molecule has 1 amide bonds. The molecule has 1 aliphatic rings. The first-order valence-corrected chi connectivity index (χ1v) is 9.43. The fourth-order valence-corrected chi connectivity index (χ4v) is 3.17. The van der Waals surface area contributed by atoms with Crippen LogP contribution in [0.3, 0.4) is 0 Å². The Morgan fingerprint density at radius 1 is 0.933 bits per heavy atom. The van der Waals surface area contributed by atoms with Crippen molar-refractivity contribution in [3.63, 3.8) is 0 Å². The lowest BCUT2D eigenvalue weighted by atomic mass is 10.1. The van der Waals surface area contributed by atoms with Crippen molar-refractivity contribution in [3.05, 3.63) is 71.8 Å². The summed E-state index contributed by atoms with van der Waals surface area (Å²) in [4.78, 5) is 36.5. The standard InChI is InChI=1S/C22H23NO7/c1-14(24)23-18-19(30-21(26)16-11-7-4-8-12-16)17(29-22(18)27-2)13-28-20(25)15-9-5-3-6-10-15/h3-12,17-19,22H,13H2,1-2H3,(H,23,24)/t17-,18+,19-,22-/m0/s1. The van der Waals surface area contributed by atoms with Crippen LogP contribution in [0.4, 0.5) is 0 Å². The van der Waals surface area contributed by atoms with Gasteiger partial charge in [-0.2, -0.15) is 0 Å². The molecule has 1 aliphatic heterocycles. The minimum Gasteiger partial charge on any atom is -0.459 e. The van der Waals surface area contributed by atoms with E-state index in [1.54, 1.807) is 60.7 Å². The van der Waals surface area contributed by atoms with Crippen LogP contribution in [0.1, 0.15) is 27.6 Å². The minimum absolute atomic E-state index is 0.184. The van der Waals surface area contributed by atoms with Gasteiger partial charge < -0.3 is 24.3 Å². The Kier molecular flexibility index (Phi) is 7.16. The van der Waals surface area contributed by atoms with E-state index in [0.717, 1.165) is 0 Å². The highest BCUT2D eigenvalue weighted by Gasteiger charge is 2.48. The van der Waals surface area contributed by atoms with Crippen LogP contribution in [0, 0.1) is 0 Å². The number of hydrogen-bond acceptors (Lipinski definition) is 7. The fraction of sp³-hybridized carbons (Fsp3) is 0.318. The summed E-state index contributed by atoms with van der Waals surface area (Å²) in [6, 6.07) is 16.2. The van der Waals surface area contributed by atoms with E-state index in [9.17, 15) is 14.4 Å². The molecule has 158 valence electrons. The Hall–Kier alpha value is -3.23. The zero-order valence-electron chi connectivity index (χ0n) is 16.6. The van der Waals surface area contributed by atoms with Crippen molar-refractivity contribution < 1.29 is 33.3 Å². The summed E-state index contributed by atoms with van der Waals surface area (Å²) in [6.45, 7) is 1.15. The molecule has 8 nitrogen and oxygen atoms in total. The summed E-state index contributed by atoms with van der Waals surface area (Å²) in [5.74, 6) is -1.46. The second kappa shape index (κ2) is 10.00. The van der Waals surface area contributed by atoms with E-state index < -0.39 is 36.5 Å². The number of hydrogen-bond donors (Lipinski definition) is 1. The monoisotopic (exact) mass is 413 g/mol. The van der Waals surface area contributed by atoms with Crippen LogP contribution in [0.25, 0.3) is 0 Å². The predicted octanol–water partition coefficient (Wildman–Crippen LogP) is 1.95. The summed E-state index contributed by atoms with van der Waals surface area (Å²) in [7, 11) is 1.41. The van der Waals surface area contributed by atoms with E-state index in [1.807, 2.05) is 0 Å². The molecule has 1 saturated heterocycles. The van der Waals surface area contributed by atoms with Crippen molar-refractivity contribution in [2.45, 2.75) is 31.5 Å². The second-order valence-electron chi connectivity index (χ2n) is 6.71. The molecule has 1 N–H and O–H groups in total. The quantitative estimate of drug-likeness (QED) is 0.693. The maximum Gasteiger partial charge on any atom is 0.338 e. The van der Waals surface area contributed by atoms with Crippen molar-refractivity contribution >= 4 is 17.8 Å². The average molecular weight is 413 g/mol. The largest absolute Gasteiger partial charge is 0.459 e. The van der Waals surface area contributed by atoms with Gasteiger partial charge in [0.2, 0.25) is 5.91 Å². The van der Waals surface area contributed by atoms with Crippen LogP contribution < -0.4 is 5.32 Å². The zero-order valence-corrected chi connectivity index (χ0v) is 16.6. The third-order valence-corrected chi connectivity index (χ3v) is 4.57. The van der Waals surface area contributed by atoms with Gasteiger partial charge in [-0.3, -0.25) is 4.79 Å². The van der Waals surface area contributed by atoms with E-state index in [2.05, 4.69) is 5.32 Å². The third kappa shape index (κ3) is 5.22. The summed E-state index contributed by atoms with van der Waals surface area (Å²) >= 11 is 0. The normalized spacial score (nSPS) is 22.9. The molecule has 30 heavy (non-hydrogen) atoms. The number of esters is 2. The number of ether oxygens (including phenoxy) is 4. The highest BCUT2D eigenvalue weighted by atomic mass is 16.7. The van der Waals surface area contributed by atoms with Gasteiger partial charge in [-0.1, -0.05) is 36.4 Å². The van der Waals surface area contributed by atoms with E-state index in [4.69, 9.17) is 18.9 Å². The average Bonchev–Trinajstić information content (AvgIpc) is 3.08. The molecular formula is C22H23NO7. The van der Waals surface area contributed by atoms with Gasteiger partial charge in [-0.05, 0) is 24.3 Å². The van der Waals surface area contributed by atoms with E-state index >= 15 is 0 Å². The van der Waals surface area contributed by atoms with Crippen LogP contribution in [0.2, 0.25) is 0 Å². The van der Waals surface area contributed by atoms with Crippen LogP contribution in [0.15, 0.2) is 60.7 Å². The number of carbonyl (C=O) groups is 3. The molecule has 1 fully saturated rings. The van der Waals surface area contributed by atoms with Gasteiger partial charge in [-0.15, -0.1) is 0 Å². The molecule has 0 radical (unpaired) electrons. The Morgan fingerprint density at radius 2 is 1.50 bits per heavy atom. The van der Waals surface area contributed by atoms with Gasteiger partial charge in [0.25, 0.3) is 0 Å². The van der Waals surface area contributed by atoms with Gasteiger partial charge >= 0.3 is 11.9 Å². The number of nitrogens with one attached hydrogen (secondary N) is 1. The molecule has 2 aromatic rings. The van der Waals surface area contributed by atoms with Gasteiger partial charge in [0.05, 0.1) is 11.1 Å². The predicted molar refractivity (Wildman–Crippen MR) is 106 cm³/mol. The molecule has 0 aromatic heterocycles. The van der Waals surface area contributed by atoms with Crippen molar-refractivity contribution in [1.29, 1.82) is 0 Å². The van der Waals surface area contributed by atoms with Crippen LogP contribution >= 0.6 is 0 Å². The molecule has 0 aliphatic carbocycles. The first kappa shape index (κ1) is 21.5. The second-order valence-corrected chi connectivity index (χ2v) is 6.71. The minimum atomic E-state index is -0.921. The van der Waals surface area contributed by atoms with Gasteiger partial charge in [0.15, 0.2) is 12.4 Å². The number of carbonyl (C=O) groups excluding carboxylic acids is 3. The number of rotatable bonds is 7. The Bertz CT molecular complexity index is 872. The topological polar surface area (TPSA) is 100 Å². The molecule has 0 bridgehead atoms. The maximum absolute atomic E-state index is 12.6. The van der Waals surface area contributed by atoms with Crippen molar-refractivity contribution in [2.75, 3.05) is 13.7 Å². The number of methoxy groups -OCH3 is 1. The lowest BCUT2D eigenvalue weighted by molar-refractivity contribution is -0.138. The number of amides is 1. The SMILES string of the molecule is CO[C@H]1O[C@@H](COC(=O)c2ccccc2)[C@H](OC(=O)c2ccccc2)[C@H]1NC(C)=O. The first-order valence-electron chi connectivity index (χ1n) is 9.43. The van der Waals surface area contributed by atoms with Crippen LogP contribution in [-0.4, -0.2) is 56.1 Å². The summed E-state index contributed by atoms with van der Waals surface area (Å²) in [6.07, 6.45) is -2.62. The highest BCUT2D eigenvalue weighted by Crippen LogP contribution is 2.26. The van der Waals surface area contributed by atoms with Crippen molar-refractivity contribution in [2.24, 2.45) is 0 Å². The van der Waals surface area contributed by atoms with Gasteiger partial charge in [0, 0.05) is 14.0 Å². The maximum atomic E-state index is 12.6. The molecule has 0 spiro atoms. The van der Waals surface area contributed by atoms with Crippen LogP contribution in [0.5, 0.6) is 0 Å². The third-order valence-electron chi connectivity index (χ3n) is 4.57. The first-order chi connectivity index (χ1) is 14.5. The lowest BCUT2D eigenvalue weighted by Crippen LogP contribution is -2.49. The molecule has 0 unspecified atom stereocenters. The molecule has 0 saturated carbocycles. The highest BCUT2D eigenvalue weighted by molar-refractivity contribution is 5.90. The molecule has 8 heteroatoms. The molecule has 1 heterocycles. The number of benzene rings is 2. The van der Waals surface area contributed by atoms with Gasteiger partial charge in [-0.25, -0.2) is 9.59 Å². The molecular weight excluding hydrogens is 390 g/mol. The molecule has 2 aromatic carbocycles. The van der Waals surface area contributed by atoms with E-state index in [0.29, 0.717) is 11.1 Å². The molecule has 4 atom stereocenters. The van der Waals surface area contributed by atoms with E-state index in [1.165, 1.54) is 14.0 Å². The Balaban J connectivity index is 1.75. The summed E-state index contributed by atoms with van der Waals surface area (Å²) in [5, 5.41) is 2.69. The Labute approximate surface area is 174 Å². The smallest absolute Gasteiger partial charge is 0.338 e. The summed E-state index contributed by atoms with van der Waals surface area (Å²) in [5.41, 5.74) is 0.731. The summed E-state index contributed by atoms with van der Waals surface area (Å²) < 4.78 is 22.1. The van der Waals surface area contributed by atoms with Crippen LogP contribution in [-0.2, 0) is 23.7 Å². The fourth-order valence-electron chi connectivity index (χ4n) is 3.17. The molecule has 3 rings (SSSR count). The van der Waals surface area contributed by atoms with Gasteiger partial charge in [0.1, 0.15) is 18.8 Å². The van der Waals surface area contributed by atoms with E-state index in [-0.39, 0.29) is 12.5 Å². The van der Waals surface area contributed by atoms with Crippen molar-refractivity contribution in [1.82, 2.24) is 5.32 Å². The lowest BCUT2D eigenvalue weighted by Gasteiger charge is -2.24. The Morgan fingerprint density at radius 3 is 2.03 bits per heavy atom. The van der Waals surface area contributed by atoms with Crippen molar-refractivity contribution in [3.8, 4) is 0 Å². The zero-order chi connectivity index (χ0) is 21.5.